The van der Waals surface area contributed by atoms with E-state index in [0.29, 0.717) is 49.2 Å². The van der Waals surface area contributed by atoms with Gasteiger partial charge in [0.25, 0.3) is 0 Å². The fourth-order valence-electron chi connectivity index (χ4n) is 7.38. The first-order valence-corrected chi connectivity index (χ1v) is 10.3. The summed E-state index contributed by atoms with van der Waals surface area (Å²) in [7, 11) is 0. The molecule has 2 N–H and O–H groups in total. The molecule has 4 aliphatic carbocycles. The number of rotatable bonds is 2. The van der Waals surface area contributed by atoms with Crippen molar-refractivity contribution in [2.24, 2.45) is 34.5 Å². The van der Waals surface area contributed by atoms with Gasteiger partial charge in [0.05, 0.1) is 0 Å². The average Bonchev–Trinajstić information content (AvgIpc) is 2.88. The Morgan fingerprint density at radius 1 is 1.27 bits per heavy atom. The molecule has 0 aromatic heterocycles. The highest BCUT2D eigenvalue weighted by atomic mass is 16.3. The summed E-state index contributed by atoms with van der Waals surface area (Å²) in [5.41, 5.74) is -0.317. The van der Waals surface area contributed by atoms with Gasteiger partial charge in [-0.15, -0.1) is 0 Å². The monoisotopic (exact) mass is 360 g/mol. The summed E-state index contributed by atoms with van der Waals surface area (Å²) in [5.74, 6) is 1.56. The standard InChI is InChI=1S/C22H32O4/c1-13-10-15-16(20(2)7-4-14(24)11-18(13)20)5-8-21(3)17(15)6-9-22(21,26)19(25)12-23/h5,13,15,17-18,23,26H,4,6-12H2,1-3H3/t13-,15+,17-,18+,20+,21-,22-/m0/s1. The molecule has 0 aromatic carbocycles. The molecule has 7 atom stereocenters. The first-order chi connectivity index (χ1) is 12.2. The lowest BCUT2D eigenvalue weighted by atomic mass is 9.46. The number of allylic oxidation sites excluding steroid dienone is 2. The van der Waals surface area contributed by atoms with Gasteiger partial charge >= 0.3 is 0 Å². The number of fused-ring (bicyclic) bond motifs is 5. The number of hydrogen-bond acceptors (Lipinski definition) is 4. The van der Waals surface area contributed by atoms with Crippen LogP contribution in [0.5, 0.6) is 0 Å². The van der Waals surface area contributed by atoms with Gasteiger partial charge in [-0.2, -0.15) is 0 Å². The molecule has 144 valence electrons. The predicted molar refractivity (Wildman–Crippen MR) is 98.3 cm³/mol. The first kappa shape index (κ1) is 18.4. The molecule has 4 rings (SSSR count). The van der Waals surface area contributed by atoms with Gasteiger partial charge in [0.2, 0.25) is 0 Å². The van der Waals surface area contributed by atoms with Crippen molar-refractivity contribution in [1.82, 2.24) is 0 Å². The molecule has 0 amide bonds. The van der Waals surface area contributed by atoms with E-state index in [-0.39, 0.29) is 11.3 Å². The van der Waals surface area contributed by atoms with E-state index in [0.717, 1.165) is 19.3 Å². The fraction of sp³-hybridized carbons (Fsp3) is 0.818. The largest absolute Gasteiger partial charge is 0.388 e. The molecule has 0 aromatic rings. The second-order valence-corrected chi connectivity index (χ2v) is 9.95. The van der Waals surface area contributed by atoms with Crippen molar-refractivity contribution >= 4 is 11.6 Å². The number of hydrogen-bond donors (Lipinski definition) is 2. The Balaban J connectivity index is 1.75. The van der Waals surface area contributed by atoms with E-state index in [1.807, 2.05) is 0 Å². The lowest BCUT2D eigenvalue weighted by molar-refractivity contribution is -0.156. The topological polar surface area (TPSA) is 74.6 Å². The summed E-state index contributed by atoms with van der Waals surface area (Å²) in [6.45, 7) is 6.10. The molecule has 0 aliphatic heterocycles. The van der Waals surface area contributed by atoms with Crippen molar-refractivity contribution < 1.29 is 19.8 Å². The van der Waals surface area contributed by atoms with E-state index >= 15 is 0 Å². The summed E-state index contributed by atoms with van der Waals surface area (Å²) in [6.07, 6.45) is 7.66. The van der Waals surface area contributed by atoms with Gasteiger partial charge in [0, 0.05) is 18.3 Å². The molecule has 26 heavy (non-hydrogen) atoms. The van der Waals surface area contributed by atoms with Crippen LogP contribution in [0.15, 0.2) is 11.6 Å². The summed E-state index contributed by atoms with van der Waals surface area (Å²) in [5, 5.41) is 20.6. The minimum Gasteiger partial charge on any atom is -0.388 e. The van der Waals surface area contributed by atoms with Gasteiger partial charge in [-0.25, -0.2) is 0 Å². The molecule has 0 heterocycles. The van der Waals surface area contributed by atoms with Gasteiger partial charge in [-0.3, -0.25) is 9.59 Å². The summed E-state index contributed by atoms with van der Waals surface area (Å²) >= 11 is 0. The van der Waals surface area contributed by atoms with Gasteiger partial charge in [-0.1, -0.05) is 32.4 Å². The van der Waals surface area contributed by atoms with Crippen LogP contribution in [0.3, 0.4) is 0 Å². The third-order valence-electron chi connectivity index (χ3n) is 8.98. The van der Waals surface area contributed by atoms with Crippen LogP contribution in [0.4, 0.5) is 0 Å². The number of carbonyl (C=O) groups excluding carboxylic acids is 2. The highest BCUT2D eigenvalue weighted by Gasteiger charge is 2.65. The third-order valence-corrected chi connectivity index (χ3v) is 8.98. The molecule has 4 heteroatoms. The summed E-state index contributed by atoms with van der Waals surface area (Å²) < 4.78 is 0. The molecule has 3 fully saturated rings. The van der Waals surface area contributed by atoms with Crippen molar-refractivity contribution in [3.8, 4) is 0 Å². The Labute approximate surface area is 156 Å². The number of Topliss-reactive ketones (excluding diaryl/α,β-unsaturated/α-hetero) is 2. The van der Waals surface area contributed by atoms with E-state index in [1.54, 1.807) is 0 Å². The Hall–Kier alpha value is -1.00. The molecule has 0 bridgehead atoms. The quantitative estimate of drug-likeness (QED) is 0.742. The predicted octanol–water partition coefficient (Wildman–Crippen LogP) is 3.06. The Morgan fingerprint density at radius 3 is 2.69 bits per heavy atom. The van der Waals surface area contributed by atoms with Crippen LogP contribution < -0.4 is 0 Å². The van der Waals surface area contributed by atoms with Crippen molar-refractivity contribution in [2.75, 3.05) is 6.61 Å². The molecular formula is C22H32O4. The van der Waals surface area contributed by atoms with E-state index in [4.69, 9.17) is 0 Å². The highest BCUT2D eigenvalue weighted by molar-refractivity contribution is 5.89. The molecule has 0 radical (unpaired) electrons. The number of aliphatic hydroxyl groups is 2. The minimum absolute atomic E-state index is 0.0826. The molecule has 3 saturated carbocycles. The van der Waals surface area contributed by atoms with E-state index < -0.39 is 23.4 Å². The maximum atomic E-state index is 12.4. The van der Waals surface area contributed by atoms with Gasteiger partial charge in [-0.05, 0) is 61.2 Å². The smallest absolute Gasteiger partial charge is 0.190 e. The average molecular weight is 360 g/mol. The maximum absolute atomic E-state index is 12.4. The number of ketones is 2. The Morgan fingerprint density at radius 2 is 2.00 bits per heavy atom. The van der Waals surface area contributed by atoms with Crippen LogP contribution in [0.1, 0.15) is 65.7 Å². The lowest BCUT2D eigenvalue weighted by Crippen LogP contribution is -2.57. The van der Waals surface area contributed by atoms with Crippen LogP contribution in [0.25, 0.3) is 0 Å². The zero-order valence-corrected chi connectivity index (χ0v) is 16.3. The molecule has 0 unspecified atom stereocenters. The van der Waals surface area contributed by atoms with Crippen molar-refractivity contribution in [3.63, 3.8) is 0 Å². The highest BCUT2D eigenvalue weighted by Crippen LogP contribution is 2.67. The van der Waals surface area contributed by atoms with Crippen LogP contribution in [0.2, 0.25) is 0 Å². The molecule has 0 spiro atoms. The van der Waals surface area contributed by atoms with Crippen LogP contribution in [-0.4, -0.2) is 34.0 Å². The van der Waals surface area contributed by atoms with Gasteiger partial charge in [0.1, 0.15) is 18.0 Å². The van der Waals surface area contributed by atoms with Crippen LogP contribution >= 0.6 is 0 Å². The van der Waals surface area contributed by atoms with Gasteiger partial charge in [0.15, 0.2) is 5.78 Å². The second kappa shape index (κ2) is 5.75. The molecule has 0 saturated heterocycles. The number of aliphatic hydroxyl groups excluding tert-OH is 1. The Kier molecular flexibility index (Phi) is 4.06. The van der Waals surface area contributed by atoms with E-state index in [1.165, 1.54) is 5.57 Å². The zero-order valence-electron chi connectivity index (χ0n) is 16.3. The lowest BCUT2D eigenvalue weighted by Gasteiger charge is -2.58. The zero-order chi connectivity index (χ0) is 18.9. The van der Waals surface area contributed by atoms with Crippen LogP contribution in [-0.2, 0) is 9.59 Å². The second-order valence-electron chi connectivity index (χ2n) is 9.95. The number of carbonyl (C=O) groups is 2. The summed E-state index contributed by atoms with van der Waals surface area (Å²) in [6, 6.07) is 0. The van der Waals surface area contributed by atoms with Crippen molar-refractivity contribution in [1.29, 1.82) is 0 Å². The molecular weight excluding hydrogens is 328 g/mol. The maximum Gasteiger partial charge on any atom is 0.190 e. The SMILES string of the molecule is C[C@H]1C[C@@H]2C(=CC[C@@]3(C)[C@H]2CC[C@]3(O)C(=O)CO)[C@@]2(C)CCC(=O)C[C@H]12. The Bertz CT molecular complexity index is 682. The third kappa shape index (κ3) is 2.15. The van der Waals surface area contributed by atoms with Crippen molar-refractivity contribution in [2.45, 2.75) is 71.3 Å². The minimum atomic E-state index is -1.40. The molecule has 4 aliphatic rings. The van der Waals surface area contributed by atoms with Gasteiger partial charge < -0.3 is 10.2 Å². The van der Waals surface area contributed by atoms with E-state index in [9.17, 15) is 19.8 Å². The van der Waals surface area contributed by atoms with E-state index in [2.05, 4.69) is 26.8 Å². The van der Waals surface area contributed by atoms with Crippen molar-refractivity contribution in [3.05, 3.63) is 11.6 Å². The first-order valence-electron chi connectivity index (χ1n) is 10.3. The fourth-order valence-corrected chi connectivity index (χ4v) is 7.38. The molecule has 4 nitrogen and oxygen atoms in total. The normalized spacial score (nSPS) is 50.5. The summed E-state index contributed by atoms with van der Waals surface area (Å²) in [4.78, 5) is 24.5. The van der Waals surface area contributed by atoms with Crippen LogP contribution in [0, 0.1) is 34.5 Å².